The first kappa shape index (κ1) is 40.5. The van der Waals surface area contributed by atoms with Crippen molar-refractivity contribution in [2.24, 2.45) is 0 Å². The zero-order valence-electron chi connectivity index (χ0n) is 34.7. The maximum Gasteiger partial charge on any atom is 0.119 e. The number of aryl methyl sites for hydroxylation is 7. The number of fused-ring (bicyclic) bond motifs is 2. The number of aromatic nitrogens is 6. The van der Waals surface area contributed by atoms with Crippen LogP contribution < -0.4 is 14.2 Å². The Kier molecular flexibility index (Phi) is 13.3. The number of ether oxygens (including phenoxy) is 3. The third-order valence-electron chi connectivity index (χ3n) is 9.90. The van der Waals surface area contributed by atoms with E-state index in [4.69, 9.17) is 14.2 Å². The van der Waals surface area contributed by atoms with Crippen LogP contribution in [0, 0.1) is 34.6 Å². The Hall–Kier alpha value is -5.70. The summed E-state index contributed by atoms with van der Waals surface area (Å²) in [7, 11) is 1.67. The molecule has 7 rings (SSSR count). The van der Waals surface area contributed by atoms with Crippen molar-refractivity contribution in [3.8, 4) is 39.9 Å². The largest absolute Gasteiger partial charge is 0.497 e. The molecule has 0 amide bonds. The fourth-order valence-electron chi connectivity index (χ4n) is 7.50. The number of hydrogen-bond donors (Lipinski definition) is 0. The maximum atomic E-state index is 5.59. The van der Waals surface area contributed by atoms with Gasteiger partial charge >= 0.3 is 0 Å². The van der Waals surface area contributed by atoms with E-state index in [0.29, 0.717) is 13.2 Å². The van der Waals surface area contributed by atoms with Crippen LogP contribution >= 0.6 is 0 Å². The molecule has 0 aliphatic heterocycles. The van der Waals surface area contributed by atoms with Gasteiger partial charge in [-0.1, -0.05) is 27.7 Å². The topological polar surface area (TPSA) is 89.1 Å². The Bertz CT molecular complexity index is 2310. The molecule has 7 aromatic rings. The number of nitrogens with zero attached hydrogens (tertiary/aromatic N) is 6. The average molecular weight is 741 g/mol. The quantitative estimate of drug-likeness (QED) is 0.138. The first-order valence-electron chi connectivity index (χ1n) is 19.5. The molecule has 0 N–H and O–H groups in total. The molecule has 9 heteroatoms. The second-order valence-electron chi connectivity index (χ2n) is 13.0. The van der Waals surface area contributed by atoms with Crippen molar-refractivity contribution in [1.82, 2.24) is 29.5 Å². The minimum atomic E-state index is 0.659. The highest BCUT2D eigenvalue weighted by Gasteiger charge is 2.21. The normalized spacial score (nSPS) is 10.8. The third-order valence-corrected chi connectivity index (χ3v) is 9.90. The molecule has 0 spiro atoms. The lowest BCUT2D eigenvalue weighted by molar-refractivity contribution is 0.340. The van der Waals surface area contributed by atoms with Gasteiger partial charge in [0.05, 0.1) is 37.4 Å². The molecule has 0 saturated heterocycles. The standard InChI is InChI=1S/C24H25N3O2.C20H25N3O.C2H6/c1-6-29-21-13-9-19(10-14-21)27-16(3)22-15(2)25-26-24(23(22)17(27)4)18-7-11-20(28-5)12-8-18;1-6-17-19-13(4)23(14(5)20(19)18(7-2)22-21-17)15-9-11-16(12-10-15)24-8-3;1-2/h7-14H,6H2,1-5H3;9-12H,6-8H2,1-5H3;1-2H3. The van der Waals surface area contributed by atoms with Gasteiger partial charge in [0.2, 0.25) is 0 Å². The van der Waals surface area contributed by atoms with E-state index in [-0.39, 0.29) is 0 Å². The summed E-state index contributed by atoms with van der Waals surface area (Å²) in [5.41, 5.74) is 12.0. The van der Waals surface area contributed by atoms with Crippen LogP contribution in [0.25, 0.3) is 44.2 Å². The van der Waals surface area contributed by atoms with Crippen LogP contribution in [0.15, 0.2) is 72.8 Å². The van der Waals surface area contributed by atoms with Crippen molar-refractivity contribution >= 4 is 21.5 Å². The number of hydrogen-bond acceptors (Lipinski definition) is 7. The Balaban J connectivity index is 0.000000205. The zero-order valence-corrected chi connectivity index (χ0v) is 34.7. The summed E-state index contributed by atoms with van der Waals surface area (Å²) in [6, 6.07) is 24.4. The summed E-state index contributed by atoms with van der Waals surface area (Å²) in [5.74, 6) is 2.60. The molecular formula is C46H56N6O3. The van der Waals surface area contributed by atoms with Gasteiger partial charge in [-0.3, -0.25) is 0 Å². The average Bonchev–Trinajstić information content (AvgIpc) is 3.64. The number of methoxy groups -OCH3 is 1. The fourth-order valence-corrected chi connectivity index (χ4v) is 7.50. The van der Waals surface area contributed by atoms with Gasteiger partial charge in [0, 0.05) is 61.3 Å². The molecule has 0 radical (unpaired) electrons. The molecule has 0 atom stereocenters. The van der Waals surface area contributed by atoms with E-state index in [2.05, 4.69) is 95.3 Å². The van der Waals surface area contributed by atoms with Gasteiger partial charge in [-0.2, -0.15) is 15.3 Å². The summed E-state index contributed by atoms with van der Waals surface area (Å²) in [6.07, 6.45) is 1.78. The Morgan fingerprint density at radius 2 is 0.873 bits per heavy atom. The van der Waals surface area contributed by atoms with Crippen LogP contribution in [-0.4, -0.2) is 49.9 Å². The monoisotopic (exact) mass is 740 g/mol. The van der Waals surface area contributed by atoms with E-state index < -0.39 is 0 Å². The molecule has 3 aromatic carbocycles. The highest BCUT2D eigenvalue weighted by atomic mass is 16.5. The van der Waals surface area contributed by atoms with Crippen molar-refractivity contribution in [3.63, 3.8) is 0 Å². The molecular weight excluding hydrogens is 685 g/mol. The van der Waals surface area contributed by atoms with Crippen LogP contribution in [0.5, 0.6) is 17.2 Å². The van der Waals surface area contributed by atoms with Crippen LogP contribution in [0.3, 0.4) is 0 Å². The third kappa shape index (κ3) is 7.93. The first-order valence-corrected chi connectivity index (χ1v) is 19.5. The molecule has 0 bridgehead atoms. The van der Waals surface area contributed by atoms with Crippen molar-refractivity contribution in [1.29, 1.82) is 0 Å². The predicted molar refractivity (Wildman–Crippen MR) is 226 cm³/mol. The Morgan fingerprint density at radius 3 is 1.27 bits per heavy atom. The molecule has 4 heterocycles. The SMILES string of the molecule is CC.CCOc1ccc(-n2c(C)c3c(C)nnc(-c4ccc(OC)cc4)c3c2C)cc1.CCOc1ccc(-n2c(C)c3c(CC)nnc(CC)c3c2C)cc1. The molecule has 9 nitrogen and oxygen atoms in total. The first-order chi connectivity index (χ1) is 26.7. The second kappa shape index (κ2) is 18.1. The van der Waals surface area contributed by atoms with E-state index >= 15 is 0 Å². The van der Waals surface area contributed by atoms with Crippen LogP contribution in [-0.2, 0) is 12.8 Å². The van der Waals surface area contributed by atoms with Crippen molar-refractivity contribution in [2.45, 2.75) is 89.0 Å². The molecule has 55 heavy (non-hydrogen) atoms. The molecule has 0 saturated carbocycles. The lowest BCUT2D eigenvalue weighted by atomic mass is 10.0. The van der Waals surface area contributed by atoms with Crippen LogP contribution in [0.1, 0.15) is 81.4 Å². The Labute approximate surface area is 326 Å². The summed E-state index contributed by atoms with van der Waals surface area (Å²) in [4.78, 5) is 0. The van der Waals surface area contributed by atoms with E-state index in [9.17, 15) is 0 Å². The van der Waals surface area contributed by atoms with Gasteiger partial charge < -0.3 is 23.3 Å². The number of rotatable bonds is 10. The van der Waals surface area contributed by atoms with E-state index in [1.807, 2.05) is 83.1 Å². The smallest absolute Gasteiger partial charge is 0.119 e. The van der Waals surface area contributed by atoms with Gasteiger partial charge in [0.1, 0.15) is 22.9 Å². The molecule has 288 valence electrons. The minimum absolute atomic E-state index is 0.659. The number of benzene rings is 3. The molecule has 0 aliphatic carbocycles. The van der Waals surface area contributed by atoms with Crippen molar-refractivity contribution in [2.75, 3.05) is 20.3 Å². The second-order valence-corrected chi connectivity index (χ2v) is 13.0. The van der Waals surface area contributed by atoms with Crippen LogP contribution in [0.2, 0.25) is 0 Å². The summed E-state index contributed by atoms with van der Waals surface area (Å²) in [6.45, 7) is 24.2. The molecule has 0 unspecified atom stereocenters. The Morgan fingerprint density at radius 1 is 0.473 bits per heavy atom. The summed E-state index contributed by atoms with van der Waals surface area (Å²) >= 11 is 0. The van der Waals surface area contributed by atoms with Crippen LogP contribution in [0.4, 0.5) is 0 Å². The lowest BCUT2D eigenvalue weighted by Crippen LogP contribution is -1.99. The zero-order chi connectivity index (χ0) is 39.8. The van der Waals surface area contributed by atoms with Gasteiger partial charge in [-0.05, 0) is 134 Å². The van der Waals surface area contributed by atoms with Crippen molar-refractivity contribution < 1.29 is 14.2 Å². The van der Waals surface area contributed by atoms with Gasteiger partial charge in [0.25, 0.3) is 0 Å². The van der Waals surface area contributed by atoms with E-state index in [1.165, 1.54) is 22.2 Å². The highest BCUT2D eigenvalue weighted by molar-refractivity contribution is 6.00. The molecule has 4 aromatic heterocycles. The summed E-state index contributed by atoms with van der Waals surface area (Å²) < 4.78 is 21.0. The highest BCUT2D eigenvalue weighted by Crippen LogP contribution is 2.37. The lowest BCUT2D eigenvalue weighted by Gasteiger charge is -2.11. The molecule has 0 fully saturated rings. The van der Waals surface area contributed by atoms with Gasteiger partial charge in [-0.15, -0.1) is 5.10 Å². The van der Waals surface area contributed by atoms with Crippen molar-refractivity contribution in [3.05, 3.63) is 113 Å². The minimum Gasteiger partial charge on any atom is -0.497 e. The summed E-state index contributed by atoms with van der Waals surface area (Å²) in [5, 5.41) is 22.7. The van der Waals surface area contributed by atoms with E-state index in [0.717, 1.165) is 92.0 Å². The fraction of sp³-hybridized carbons (Fsp3) is 0.348. The molecule has 0 aliphatic rings. The van der Waals surface area contributed by atoms with Gasteiger partial charge in [-0.25, -0.2) is 0 Å². The van der Waals surface area contributed by atoms with Gasteiger partial charge in [0.15, 0.2) is 0 Å². The predicted octanol–water partition coefficient (Wildman–Crippen LogP) is 11.0. The van der Waals surface area contributed by atoms with E-state index in [1.54, 1.807) is 7.11 Å². The maximum absolute atomic E-state index is 5.59.